The van der Waals surface area contributed by atoms with Gasteiger partial charge in [-0.3, -0.25) is 14.9 Å². The molecule has 0 aliphatic rings. The van der Waals surface area contributed by atoms with Crippen molar-refractivity contribution in [3.8, 4) is 10.6 Å². The Labute approximate surface area is 192 Å². The quantitative estimate of drug-likeness (QED) is 0.221. The highest BCUT2D eigenvalue weighted by Crippen LogP contribution is 2.40. The first kappa shape index (κ1) is 20.6. The van der Waals surface area contributed by atoms with Crippen LogP contribution in [0.15, 0.2) is 63.5 Å². The molecule has 6 nitrogen and oxygen atoms in total. The molecule has 0 saturated carbocycles. The maximum Gasteiger partial charge on any atom is 0.273 e. The fraction of sp³-hybridized carbons (Fsp3) is 0.0476. The molecule has 9 heteroatoms. The Balaban J connectivity index is 1.79. The fourth-order valence-corrected chi connectivity index (χ4v) is 5.42. The van der Waals surface area contributed by atoms with Gasteiger partial charge in [-0.25, -0.2) is 4.98 Å². The lowest BCUT2D eigenvalue weighted by Gasteiger charge is -2.14. The third-order valence-electron chi connectivity index (χ3n) is 4.56. The number of hydrogen-bond donors (Lipinski definition) is 1. The molecule has 0 unspecified atom stereocenters. The number of hydrogen-bond acceptors (Lipinski definition) is 5. The van der Waals surface area contributed by atoms with E-state index in [-0.39, 0.29) is 11.3 Å². The van der Waals surface area contributed by atoms with E-state index in [2.05, 4.69) is 37.2 Å². The van der Waals surface area contributed by atoms with Crippen LogP contribution >= 0.6 is 43.2 Å². The van der Waals surface area contributed by atoms with Crippen molar-refractivity contribution in [2.75, 3.05) is 5.32 Å². The number of para-hydroxylation sites is 1. The number of benzene rings is 3. The van der Waals surface area contributed by atoms with Crippen LogP contribution in [0.1, 0.15) is 15.9 Å². The molecule has 1 aromatic heterocycles. The van der Waals surface area contributed by atoms with E-state index in [1.807, 2.05) is 36.4 Å². The normalized spacial score (nSPS) is 10.9. The van der Waals surface area contributed by atoms with E-state index in [1.165, 1.54) is 23.5 Å². The summed E-state index contributed by atoms with van der Waals surface area (Å²) in [5.41, 5.74) is 2.63. The molecule has 30 heavy (non-hydrogen) atoms. The van der Waals surface area contributed by atoms with Crippen LogP contribution in [0.5, 0.6) is 0 Å². The second kappa shape index (κ2) is 8.25. The molecule has 0 saturated heterocycles. The van der Waals surface area contributed by atoms with Gasteiger partial charge in [0.15, 0.2) is 0 Å². The van der Waals surface area contributed by atoms with Crippen molar-refractivity contribution in [3.63, 3.8) is 0 Å². The summed E-state index contributed by atoms with van der Waals surface area (Å²) in [5.74, 6) is -0.429. The number of fused-ring (bicyclic) bond motifs is 1. The molecule has 0 spiro atoms. The summed E-state index contributed by atoms with van der Waals surface area (Å²) in [5, 5.41) is 14.9. The molecule has 0 bridgehead atoms. The number of carbonyl (C=O) groups excluding carboxylic acids is 1. The predicted molar refractivity (Wildman–Crippen MR) is 126 cm³/mol. The minimum absolute atomic E-state index is 0.0936. The number of carbonyl (C=O) groups is 1. The third kappa shape index (κ3) is 3.88. The van der Waals surface area contributed by atoms with Gasteiger partial charge in [0.05, 0.1) is 20.8 Å². The van der Waals surface area contributed by atoms with Gasteiger partial charge in [0, 0.05) is 31.7 Å². The Morgan fingerprint density at radius 2 is 1.90 bits per heavy atom. The van der Waals surface area contributed by atoms with Gasteiger partial charge < -0.3 is 5.32 Å². The van der Waals surface area contributed by atoms with E-state index in [0.29, 0.717) is 15.7 Å². The monoisotopic (exact) mass is 545 g/mol. The van der Waals surface area contributed by atoms with Gasteiger partial charge in [-0.1, -0.05) is 34.1 Å². The van der Waals surface area contributed by atoms with Crippen LogP contribution in [0.4, 0.5) is 11.4 Å². The fourth-order valence-electron chi connectivity index (χ4n) is 3.10. The maximum absolute atomic E-state index is 13.0. The summed E-state index contributed by atoms with van der Waals surface area (Å²) >= 11 is 8.54. The number of nitro benzene ring substituents is 1. The molecule has 0 radical (unpaired) electrons. The lowest BCUT2D eigenvalue weighted by Crippen LogP contribution is -2.15. The van der Waals surface area contributed by atoms with Crippen molar-refractivity contribution in [2.24, 2.45) is 0 Å². The molecule has 1 heterocycles. The summed E-state index contributed by atoms with van der Waals surface area (Å²) in [7, 11) is 0. The number of anilines is 1. The van der Waals surface area contributed by atoms with Gasteiger partial charge in [0.1, 0.15) is 5.01 Å². The first-order valence-electron chi connectivity index (χ1n) is 8.75. The van der Waals surface area contributed by atoms with Crippen LogP contribution in [0.25, 0.3) is 20.8 Å². The number of thiazole rings is 1. The first-order valence-corrected chi connectivity index (χ1v) is 11.2. The van der Waals surface area contributed by atoms with E-state index >= 15 is 0 Å². The number of nitro groups is 1. The smallest absolute Gasteiger partial charge is 0.273 e. The predicted octanol–water partition coefficient (Wildman–Crippen LogP) is 6.96. The van der Waals surface area contributed by atoms with Gasteiger partial charge in [0.25, 0.3) is 11.6 Å². The molecule has 4 rings (SSSR count). The van der Waals surface area contributed by atoms with Crippen LogP contribution in [0.3, 0.4) is 0 Å². The summed E-state index contributed by atoms with van der Waals surface area (Å²) in [4.78, 5) is 28.4. The van der Waals surface area contributed by atoms with Crippen LogP contribution in [-0.2, 0) is 0 Å². The lowest BCUT2D eigenvalue weighted by molar-refractivity contribution is -0.385. The van der Waals surface area contributed by atoms with Crippen LogP contribution in [0.2, 0.25) is 0 Å². The van der Waals surface area contributed by atoms with E-state index in [1.54, 1.807) is 13.0 Å². The highest BCUT2D eigenvalue weighted by atomic mass is 79.9. The average Bonchev–Trinajstić information content (AvgIpc) is 3.13. The van der Waals surface area contributed by atoms with E-state index in [4.69, 9.17) is 4.98 Å². The highest BCUT2D eigenvalue weighted by molar-refractivity contribution is 9.11. The van der Waals surface area contributed by atoms with Gasteiger partial charge >= 0.3 is 0 Å². The van der Waals surface area contributed by atoms with Crippen molar-refractivity contribution in [3.05, 3.63) is 84.8 Å². The SMILES string of the molecule is Cc1c(C(=O)Nc2c(Br)cc(Br)cc2-c2nc3ccccc3s2)cccc1[N+](=O)[O-]. The number of amides is 1. The van der Waals surface area contributed by atoms with Crippen LogP contribution in [-0.4, -0.2) is 15.8 Å². The number of aromatic nitrogens is 1. The van der Waals surface area contributed by atoms with Gasteiger partial charge in [-0.05, 0) is 53.2 Å². The summed E-state index contributed by atoms with van der Waals surface area (Å²) in [6.07, 6.45) is 0. The Bertz CT molecular complexity index is 1290. The van der Waals surface area contributed by atoms with Crippen molar-refractivity contribution in [1.29, 1.82) is 0 Å². The minimum Gasteiger partial charge on any atom is -0.320 e. The zero-order chi connectivity index (χ0) is 21.4. The second-order valence-corrected chi connectivity index (χ2v) is 9.26. The van der Waals surface area contributed by atoms with E-state index in [0.717, 1.165) is 25.3 Å². The number of halogens is 2. The zero-order valence-corrected chi connectivity index (χ0v) is 19.5. The van der Waals surface area contributed by atoms with Crippen LogP contribution in [0, 0.1) is 17.0 Å². The topological polar surface area (TPSA) is 85.1 Å². The molecule has 4 aromatic rings. The Kier molecular flexibility index (Phi) is 5.68. The molecule has 0 aliphatic carbocycles. The van der Waals surface area contributed by atoms with Gasteiger partial charge in [-0.2, -0.15) is 0 Å². The van der Waals surface area contributed by atoms with Crippen molar-refractivity contribution in [1.82, 2.24) is 4.98 Å². The minimum atomic E-state index is -0.492. The Morgan fingerprint density at radius 3 is 2.63 bits per heavy atom. The number of rotatable bonds is 4. The van der Waals surface area contributed by atoms with E-state index < -0.39 is 10.8 Å². The van der Waals surface area contributed by atoms with Crippen molar-refractivity contribution in [2.45, 2.75) is 6.92 Å². The third-order valence-corrected chi connectivity index (χ3v) is 6.72. The highest BCUT2D eigenvalue weighted by Gasteiger charge is 2.21. The summed E-state index contributed by atoms with van der Waals surface area (Å²) in [6, 6.07) is 16.0. The summed E-state index contributed by atoms with van der Waals surface area (Å²) in [6.45, 7) is 1.57. The number of nitrogens with zero attached hydrogens (tertiary/aromatic N) is 2. The lowest BCUT2D eigenvalue weighted by atomic mass is 10.1. The average molecular weight is 547 g/mol. The molecule has 0 atom stereocenters. The Hall–Kier alpha value is -2.62. The zero-order valence-electron chi connectivity index (χ0n) is 15.5. The molecule has 1 amide bonds. The Morgan fingerprint density at radius 1 is 1.13 bits per heavy atom. The molecule has 1 N–H and O–H groups in total. The van der Waals surface area contributed by atoms with Gasteiger partial charge in [-0.15, -0.1) is 11.3 Å². The van der Waals surface area contributed by atoms with Crippen molar-refractivity contribution >= 4 is 70.7 Å². The van der Waals surface area contributed by atoms with E-state index in [9.17, 15) is 14.9 Å². The molecule has 3 aromatic carbocycles. The van der Waals surface area contributed by atoms with Crippen molar-refractivity contribution < 1.29 is 9.72 Å². The summed E-state index contributed by atoms with van der Waals surface area (Å²) < 4.78 is 2.53. The largest absolute Gasteiger partial charge is 0.320 e. The molecule has 0 aliphatic heterocycles. The first-order chi connectivity index (χ1) is 14.3. The molecule has 0 fully saturated rings. The number of nitrogens with one attached hydrogen (secondary N) is 1. The standard InChI is InChI=1S/C21H13Br2N3O3S/c1-11-13(5-4-7-17(11)26(28)29)20(27)25-19-14(9-12(22)10-15(19)23)21-24-16-6-2-3-8-18(16)30-21/h2-10H,1H3,(H,25,27). The van der Waals surface area contributed by atoms with Crippen LogP contribution < -0.4 is 5.32 Å². The second-order valence-electron chi connectivity index (χ2n) is 6.46. The van der Waals surface area contributed by atoms with Gasteiger partial charge in [0.2, 0.25) is 0 Å². The molecular formula is C21H13Br2N3O3S. The molecular weight excluding hydrogens is 534 g/mol. The maximum atomic E-state index is 13.0. The molecule has 150 valence electrons.